The number of aliphatic hydroxyl groups excluding tert-OH is 1. The third-order valence-corrected chi connectivity index (χ3v) is 2.80. The Morgan fingerprint density at radius 3 is 2.58 bits per heavy atom. The number of aryl methyl sites for hydroxylation is 2. The van der Waals surface area contributed by atoms with Crippen molar-refractivity contribution in [2.45, 2.75) is 39.7 Å². The van der Waals surface area contributed by atoms with Crippen LogP contribution < -0.4 is 5.32 Å². The van der Waals surface area contributed by atoms with Gasteiger partial charge in [-0.05, 0) is 38.8 Å². The van der Waals surface area contributed by atoms with Crippen LogP contribution in [-0.2, 0) is 4.79 Å². The van der Waals surface area contributed by atoms with Crippen molar-refractivity contribution in [3.05, 3.63) is 33.4 Å². The van der Waals surface area contributed by atoms with Crippen molar-refractivity contribution in [2.75, 3.05) is 5.32 Å². The van der Waals surface area contributed by atoms with Crippen molar-refractivity contribution in [1.82, 2.24) is 0 Å². The molecule has 0 radical (unpaired) electrons. The molecule has 1 aromatic carbocycles. The number of carbonyl (C=O) groups is 1. The fraction of sp³-hybridized carbons (Fsp3) is 0.462. The van der Waals surface area contributed by atoms with E-state index in [0.29, 0.717) is 17.7 Å². The van der Waals surface area contributed by atoms with Crippen molar-refractivity contribution < 1.29 is 14.8 Å². The van der Waals surface area contributed by atoms with Gasteiger partial charge >= 0.3 is 0 Å². The highest BCUT2D eigenvalue weighted by molar-refractivity contribution is 5.92. The Morgan fingerprint density at radius 2 is 2.05 bits per heavy atom. The predicted molar refractivity (Wildman–Crippen MR) is 72.1 cm³/mol. The van der Waals surface area contributed by atoms with Crippen LogP contribution in [0.1, 0.15) is 30.9 Å². The van der Waals surface area contributed by atoms with Crippen LogP contribution in [-0.4, -0.2) is 22.0 Å². The molecule has 2 N–H and O–H groups in total. The minimum absolute atomic E-state index is 0.0172. The van der Waals surface area contributed by atoms with E-state index in [1.807, 2.05) is 0 Å². The second kappa shape index (κ2) is 6.29. The molecular formula is C13H18N2O4. The maximum absolute atomic E-state index is 11.6. The molecule has 1 atom stereocenters. The number of benzene rings is 1. The second-order valence-corrected chi connectivity index (χ2v) is 4.65. The third kappa shape index (κ3) is 4.33. The van der Waals surface area contributed by atoms with Crippen LogP contribution in [0.3, 0.4) is 0 Å². The lowest BCUT2D eigenvalue weighted by Crippen LogP contribution is -2.15. The lowest BCUT2D eigenvalue weighted by molar-refractivity contribution is -0.385. The fourth-order valence-corrected chi connectivity index (χ4v) is 1.72. The van der Waals surface area contributed by atoms with Crippen molar-refractivity contribution in [2.24, 2.45) is 0 Å². The Morgan fingerprint density at radius 1 is 1.42 bits per heavy atom. The summed E-state index contributed by atoms with van der Waals surface area (Å²) in [6.45, 7) is 5.04. The van der Waals surface area contributed by atoms with Gasteiger partial charge in [-0.3, -0.25) is 14.9 Å². The number of hydrogen-bond donors (Lipinski definition) is 2. The first-order valence-electron chi connectivity index (χ1n) is 6.04. The number of hydrogen-bond acceptors (Lipinski definition) is 4. The summed E-state index contributed by atoms with van der Waals surface area (Å²) in [6.07, 6.45) is -0.00310. The number of nitro groups is 1. The molecule has 0 heterocycles. The van der Waals surface area contributed by atoms with Gasteiger partial charge in [-0.25, -0.2) is 0 Å². The first kappa shape index (κ1) is 15.1. The summed E-state index contributed by atoms with van der Waals surface area (Å²) in [5, 5.41) is 22.6. The highest BCUT2D eigenvalue weighted by Gasteiger charge is 2.15. The first-order valence-corrected chi connectivity index (χ1v) is 6.04. The van der Waals surface area contributed by atoms with Crippen LogP contribution in [0.15, 0.2) is 12.1 Å². The van der Waals surface area contributed by atoms with E-state index in [-0.39, 0.29) is 18.0 Å². The third-order valence-electron chi connectivity index (χ3n) is 2.80. The van der Waals surface area contributed by atoms with E-state index < -0.39 is 11.0 Å². The van der Waals surface area contributed by atoms with E-state index in [9.17, 15) is 14.9 Å². The normalized spacial score (nSPS) is 12.0. The van der Waals surface area contributed by atoms with E-state index in [1.165, 1.54) is 6.07 Å². The second-order valence-electron chi connectivity index (χ2n) is 4.65. The van der Waals surface area contributed by atoms with Crippen molar-refractivity contribution >= 4 is 17.3 Å². The summed E-state index contributed by atoms with van der Waals surface area (Å²) in [7, 11) is 0. The molecule has 0 aliphatic carbocycles. The number of nitrogens with one attached hydrogen (secondary N) is 1. The largest absolute Gasteiger partial charge is 0.393 e. The summed E-state index contributed by atoms with van der Waals surface area (Å²) in [4.78, 5) is 22.0. The number of rotatable bonds is 5. The average Bonchev–Trinajstić information content (AvgIpc) is 2.29. The predicted octanol–water partition coefficient (Wildman–Crippen LogP) is 2.31. The molecule has 0 aliphatic heterocycles. The highest BCUT2D eigenvalue weighted by Crippen LogP contribution is 2.26. The van der Waals surface area contributed by atoms with Crippen molar-refractivity contribution in [1.29, 1.82) is 0 Å². The smallest absolute Gasteiger partial charge is 0.274 e. The number of aliphatic hydroxyl groups is 1. The van der Waals surface area contributed by atoms with Gasteiger partial charge in [-0.15, -0.1) is 0 Å². The quantitative estimate of drug-likeness (QED) is 0.631. The molecule has 0 aromatic heterocycles. The zero-order valence-corrected chi connectivity index (χ0v) is 11.3. The maximum Gasteiger partial charge on any atom is 0.274 e. The van der Waals surface area contributed by atoms with E-state index >= 15 is 0 Å². The molecule has 104 valence electrons. The SMILES string of the molecule is Cc1cc(C)c([N+](=O)[O-])cc1NC(=O)CCC(C)O. The van der Waals surface area contributed by atoms with Crippen LogP contribution in [0.4, 0.5) is 11.4 Å². The van der Waals surface area contributed by atoms with Gasteiger partial charge in [-0.1, -0.05) is 0 Å². The first-order chi connectivity index (χ1) is 8.81. The summed E-state index contributed by atoms with van der Waals surface area (Å²) < 4.78 is 0. The summed E-state index contributed by atoms with van der Waals surface area (Å²) in [5.74, 6) is -0.262. The zero-order valence-electron chi connectivity index (χ0n) is 11.3. The van der Waals surface area contributed by atoms with Gasteiger partial charge in [0, 0.05) is 18.1 Å². The van der Waals surface area contributed by atoms with Crippen molar-refractivity contribution in [3.8, 4) is 0 Å². The van der Waals surface area contributed by atoms with Gasteiger partial charge in [0.1, 0.15) is 0 Å². The Kier molecular flexibility index (Phi) is 5.00. The van der Waals surface area contributed by atoms with Crippen LogP contribution >= 0.6 is 0 Å². The standard InChI is InChI=1S/C13H18N2O4/c1-8-6-9(2)12(15(18)19)7-11(8)14-13(17)5-4-10(3)16/h6-7,10,16H,4-5H2,1-3H3,(H,14,17). The lowest BCUT2D eigenvalue weighted by Gasteiger charge is -2.10. The van der Waals surface area contributed by atoms with Gasteiger partial charge in [-0.2, -0.15) is 0 Å². The summed E-state index contributed by atoms with van der Waals surface area (Å²) in [6, 6.07) is 3.04. The molecule has 0 saturated carbocycles. The molecule has 6 nitrogen and oxygen atoms in total. The number of nitro benzene ring substituents is 1. The molecular weight excluding hydrogens is 248 g/mol. The Balaban J connectivity index is 2.86. The van der Waals surface area contributed by atoms with Crippen LogP contribution in [0.25, 0.3) is 0 Å². The minimum Gasteiger partial charge on any atom is -0.393 e. The monoisotopic (exact) mass is 266 g/mol. The molecule has 0 bridgehead atoms. The molecule has 0 aliphatic rings. The molecule has 1 rings (SSSR count). The topological polar surface area (TPSA) is 92.5 Å². The summed E-state index contributed by atoms with van der Waals surface area (Å²) in [5.41, 5.74) is 1.75. The van der Waals surface area contributed by atoms with Crippen molar-refractivity contribution in [3.63, 3.8) is 0 Å². The fourth-order valence-electron chi connectivity index (χ4n) is 1.72. The van der Waals surface area contributed by atoms with Gasteiger partial charge in [0.05, 0.1) is 16.7 Å². The Hall–Kier alpha value is -1.95. The van der Waals surface area contributed by atoms with E-state index in [4.69, 9.17) is 5.11 Å². The number of nitrogens with zero attached hydrogens (tertiary/aromatic N) is 1. The molecule has 0 saturated heterocycles. The van der Waals surface area contributed by atoms with Gasteiger partial charge in [0.2, 0.25) is 5.91 Å². The highest BCUT2D eigenvalue weighted by atomic mass is 16.6. The Labute approximate surface area is 111 Å². The maximum atomic E-state index is 11.6. The van der Waals surface area contributed by atoms with E-state index in [2.05, 4.69) is 5.32 Å². The van der Waals surface area contributed by atoms with Crippen LogP contribution in [0.5, 0.6) is 0 Å². The van der Waals surface area contributed by atoms with Gasteiger partial charge in [0.15, 0.2) is 0 Å². The molecule has 0 spiro atoms. The lowest BCUT2D eigenvalue weighted by atomic mass is 10.1. The number of anilines is 1. The number of amides is 1. The van der Waals surface area contributed by atoms with E-state index in [0.717, 1.165) is 5.56 Å². The molecule has 0 fully saturated rings. The molecule has 1 amide bonds. The van der Waals surface area contributed by atoms with Crippen LogP contribution in [0, 0.1) is 24.0 Å². The number of carbonyl (C=O) groups excluding carboxylic acids is 1. The average molecular weight is 266 g/mol. The molecule has 6 heteroatoms. The molecule has 1 aromatic rings. The molecule has 1 unspecified atom stereocenters. The van der Waals surface area contributed by atoms with E-state index in [1.54, 1.807) is 26.8 Å². The van der Waals surface area contributed by atoms with Crippen LogP contribution in [0.2, 0.25) is 0 Å². The zero-order chi connectivity index (χ0) is 14.6. The molecule has 19 heavy (non-hydrogen) atoms. The van der Waals surface area contributed by atoms with Gasteiger partial charge in [0.25, 0.3) is 5.69 Å². The van der Waals surface area contributed by atoms with Gasteiger partial charge < -0.3 is 10.4 Å². The minimum atomic E-state index is -0.542. The summed E-state index contributed by atoms with van der Waals surface area (Å²) >= 11 is 0. The Bertz CT molecular complexity index is 498.